The monoisotopic (exact) mass is 550 g/mol. The second-order valence-electron chi connectivity index (χ2n) is 7.65. The molecule has 0 aliphatic heterocycles. The minimum absolute atomic E-state index is 0.0959. The molecule has 0 heterocycles. The summed E-state index contributed by atoms with van der Waals surface area (Å²) in [7, 11) is -4.02. The second-order valence-corrected chi connectivity index (χ2v) is 9.71. The molecule has 4 aromatic rings. The first-order valence-corrected chi connectivity index (χ1v) is 12.4. The Morgan fingerprint density at radius 2 is 1.68 bits per heavy atom. The van der Waals surface area contributed by atoms with E-state index in [2.05, 4.69) is 14.7 Å². The summed E-state index contributed by atoms with van der Waals surface area (Å²) < 4.78 is 71.7. The first-order valence-electron chi connectivity index (χ1n) is 10.5. The number of fused-ring (bicyclic) bond motifs is 1. The predicted molar refractivity (Wildman–Crippen MR) is 132 cm³/mol. The van der Waals surface area contributed by atoms with Crippen LogP contribution in [0.3, 0.4) is 0 Å². The summed E-state index contributed by atoms with van der Waals surface area (Å²) >= 11 is 5.79. The van der Waals surface area contributed by atoms with Crippen LogP contribution in [0.1, 0.15) is 11.1 Å². The topological polar surface area (TPSA) is 97.2 Å². The van der Waals surface area contributed by atoms with Gasteiger partial charge in [0.2, 0.25) is 0 Å². The predicted octanol–water partition coefficient (Wildman–Crippen LogP) is 5.99. The van der Waals surface area contributed by atoms with Crippen LogP contribution in [0.4, 0.5) is 13.2 Å². The summed E-state index contributed by atoms with van der Waals surface area (Å²) in [5.41, 5.74) is 1.23. The van der Waals surface area contributed by atoms with E-state index in [-0.39, 0.29) is 28.0 Å². The highest BCUT2D eigenvalue weighted by Gasteiger charge is 2.30. The molecule has 0 aliphatic carbocycles. The fourth-order valence-electron chi connectivity index (χ4n) is 3.35. The lowest BCUT2D eigenvalue weighted by molar-refractivity contribution is -0.274. The van der Waals surface area contributed by atoms with Crippen molar-refractivity contribution in [2.45, 2.75) is 17.9 Å². The van der Waals surface area contributed by atoms with Gasteiger partial charge in [-0.1, -0.05) is 48.0 Å². The molecule has 37 heavy (non-hydrogen) atoms. The van der Waals surface area contributed by atoms with Crippen LogP contribution in [-0.4, -0.2) is 26.1 Å². The van der Waals surface area contributed by atoms with Crippen molar-refractivity contribution in [2.75, 3.05) is 0 Å². The number of nitrogens with zero attached hydrogens (tertiary/aromatic N) is 1. The number of benzene rings is 4. The maximum Gasteiger partial charge on any atom is 0.573 e. The molecule has 0 saturated carbocycles. The van der Waals surface area contributed by atoms with E-state index >= 15 is 0 Å². The fraction of sp³-hybridized carbons (Fsp3) is 0.0800. The number of ether oxygens (including phenoxy) is 2. The Morgan fingerprint density at radius 1 is 0.973 bits per heavy atom. The van der Waals surface area contributed by atoms with Crippen molar-refractivity contribution in [1.82, 2.24) is 4.83 Å². The number of hydrogen-bond donors (Lipinski definition) is 2. The molecule has 0 saturated heterocycles. The molecule has 0 unspecified atom stereocenters. The Kier molecular flexibility index (Phi) is 7.46. The first-order chi connectivity index (χ1) is 17.5. The molecule has 192 valence electrons. The Labute approximate surface area is 214 Å². The molecule has 4 aromatic carbocycles. The van der Waals surface area contributed by atoms with Crippen LogP contribution in [0.25, 0.3) is 10.8 Å². The van der Waals surface area contributed by atoms with E-state index < -0.39 is 16.4 Å². The van der Waals surface area contributed by atoms with Gasteiger partial charge >= 0.3 is 6.36 Å². The van der Waals surface area contributed by atoms with Crippen molar-refractivity contribution in [1.29, 1.82) is 0 Å². The zero-order chi connectivity index (χ0) is 26.6. The van der Waals surface area contributed by atoms with Gasteiger partial charge < -0.3 is 14.6 Å². The molecule has 7 nitrogen and oxygen atoms in total. The standard InChI is InChI=1S/C25H18ClF3N2O5S/c26-22-13-19(10-11-23(22)32)37(33,34)31-30-14-17-7-12-24(21-4-2-1-3-20(17)21)35-15-16-5-8-18(9-6-16)36-25(27,28)29/h1-14,31-32H,15H2. The van der Waals surface area contributed by atoms with Gasteiger partial charge in [0.25, 0.3) is 10.0 Å². The van der Waals surface area contributed by atoms with Crippen LogP contribution in [0.5, 0.6) is 17.2 Å². The number of nitrogens with one attached hydrogen (secondary N) is 1. The van der Waals surface area contributed by atoms with Crippen molar-refractivity contribution >= 4 is 38.6 Å². The van der Waals surface area contributed by atoms with Gasteiger partial charge in [0.15, 0.2) is 0 Å². The number of phenolic OH excluding ortho intramolecular Hbond substituents is 1. The van der Waals surface area contributed by atoms with Crippen molar-refractivity contribution in [3.8, 4) is 17.2 Å². The number of rotatable bonds is 8. The van der Waals surface area contributed by atoms with E-state index in [1.165, 1.54) is 36.5 Å². The van der Waals surface area contributed by atoms with Crippen LogP contribution < -0.4 is 14.3 Å². The van der Waals surface area contributed by atoms with Crippen LogP contribution >= 0.6 is 11.6 Å². The molecule has 0 fully saturated rings. The van der Waals surface area contributed by atoms with Crippen LogP contribution in [0.2, 0.25) is 5.02 Å². The number of hydrazone groups is 1. The van der Waals surface area contributed by atoms with Gasteiger partial charge in [-0.15, -0.1) is 13.2 Å². The minimum atomic E-state index is -4.76. The molecule has 2 N–H and O–H groups in total. The Balaban J connectivity index is 1.49. The number of phenols is 1. The molecule has 0 atom stereocenters. The van der Waals surface area contributed by atoms with Gasteiger partial charge in [0, 0.05) is 10.9 Å². The van der Waals surface area contributed by atoms with Crippen LogP contribution in [0.15, 0.2) is 88.9 Å². The van der Waals surface area contributed by atoms with Crippen molar-refractivity contribution < 1.29 is 36.2 Å². The van der Waals surface area contributed by atoms with Crippen LogP contribution in [-0.2, 0) is 16.6 Å². The number of halogens is 4. The minimum Gasteiger partial charge on any atom is -0.506 e. The average Bonchev–Trinajstić information content (AvgIpc) is 2.85. The number of hydrogen-bond acceptors (Lipinski definition) is 6. The lowest BCUT2D eigenvalue weighted by Gasteiger charge is -2.12. The summed E-state index contributed by atoms with van der Waals surface area (Å²) in [4.78, 5) is 1.94. The Hall–Kier alpha value is -3.96. The third kappa shape index (κ3) is 6.63. The highest BCUT2D eigenvalue weighted by molar-refractivity contribution is 7.89. The van der Waals surface area contributed by atoms with Gasteiger partial charge in [-0.05, 0) is 53.4 Å². The first kappa shape index (κ1) is 26.1. The Morgan fingerprint density at radius 3 is 2.35 bits per heavy atom. The molecule has 0 radical (unpaired) electrons. The molecule has 0 bridgehead atoms. The summed E-state index contributed by atoms with van der Waals surface area (Å²) in [6, 6.07) is 19.4. The maximum absolute atomic E-state index is 12.5. The quantitative estimate of drug-likeness (QED) is 0.207. The van der Waals surface area contributed by atoms with Crippen molar-refractivity contribution in [3.63, 3.8) is 0 Å². The van der Waals surface area contributed by atoms with E-state index in [0.717, 1.165) is 22.9 Å². The highest BCUT2D eigenvalue weighted by Crippen LogP contribution is 2.29. The largest absolute Gasteiger partial charge is 0.573 e. The molecule has 0 aromatic heterocycles. The highest BCUT2D eigenvalue weighted by atomic mass is 35.5. The smallest absolute Gasteiger partial charge is 0.506 e. The molecule has 0 amide bonds. The lowest BCUT2D eigenvalue weighted by atomic mass is 10.0. The second kappa shape index (κ2) is 10.6. The molecular weight excluding hydrogens is 533 g/mol. The molecule has 0 aliphatic rings. The number of aromatic hydroxyl groups is 1. The van der Waals surface area contributed by atoms with E-state index in [0.29, 0.717) is 16.9 Å². The SMILES string of the molecule is O=S(=O)(NN=Cc1ccc(OCc2ccc(OC(F)(F)F)cc2)c2ccccc12)c1ccc(O)c(Cl)c1. The molecular formula is C25H18ClF3N2O5S. The maximum atomic E-state index is 12.5. The van der Waals surface area contributed by atoms with Gasteiger partial charge in [0.05, 0.1) is 16.1 Å². The Bertz CT molecular complexity index is 1560. The number of alkyl halides is 3. The normalized spacial score (nSPS) is 12.1. The lowest BCUT2D eigenvalue weighted by Crippen LogP contribution is -2.18. The van der Waals surface area contributed by atoms with E-state index in [1.54, 1.807) is 30.3 Å². The summed E-state index contributed by atoms with van der Waals surface area (Å²) in [5, 5.41) is 14.7. The zero-order valence-electron chi connectivity index (χ0n) is 18.7. The van der Waals surface area contributed by atoms with Crippen LogP contribution in [0, 0.1) is 0 Å². The molecule has 12 heteroatoms. The summed E-state index contributed by atoms with van der Waals surface area (Å²) in [6.07, 6.45) is -3.42. The molecule has 4 rings (SSSR count). The van der Waals surface area contributed by atoms with Crippen molar-refractivity contribution in [2.24, 2.45) is 5.10 Å². The van der Waals surface area contributed by atoms with Gasteiger partial charge in [-0.2, -0.15) is 13.5 Å². The fourth-order valence-corrected chi connectivity index (χ4v) is 4.42. The molecule has 0 spiro atoms. The summed E-state index contributed by atoms with van der Waals surface area (Å²) in [6.45, 7) is 0.0959. The van der Waals surface area contributed by atoms with E-state index in [1.807, 2.05) is 6.07 Å². The van der Waals surface area contributed by atoms with E-state index in [4.69, 9.17) is 16.3 Å². The number of sulfonamides is 1. The van der Waals surface area contributed by atoms with Gasteiger partial charge in [-0.3, -0.25) is 0 Å². The average molecular weight is 551 g/mol. The third-order valence-corrected chi connectivity index (χ3v) is 6.60. The van der Waals surface area contributed by atoms with Gasteiger partial charge in [0.1, 0.15) is 23.9 Å². The summed E-state index contributed by atoms with van der Waals surface area (Å²) in [5.74, 6) is -0.0532. The third-order valence-electron chi connectivity index (χ3n) is 5.08. The van der Waals surface area contributed by atoms with Gasteiger partial charge in [-0.25, -0.2) is 4.83 Å². The van der Waals surface area contributed by atoms with E-state index in [9.17, 15) is 26.7 Å². The van der Waals surface area contributed by atoms with Crippen molar-refractivity contribution in [3.05, 3.63) is 95.0 Å². The zero-order valence-corrected chi connectivity index (χ0v) is 20.3.